The van der Waals surface area contributed by atoms with Gasteiger partial charge in [0.1, 0.15) is 0 Å². The summed E-state index contributed by atoms with van der Waals surface area (Å²) in [6.07, 6.45) is 7.51. The first-order valence-electron chi connectivity index (χ1n) is 48.9. The summed E-state index contributed by atoms with van der Waals surface area (Å²) in [6, 6.07) is 133. The molecule has 14 heterocycles. The zero-order valence-corrected chi connectivity index (χ0v) is 73.7. The normalized spacial score (nSPS) is 13.0. The molecule has 0 atom stereocenters. The van der Waals surface area contributed by atoms with Crippen LogP contribution in [0.15, 0.2) is 407 Å². The Morgan fingerprint density at radius 1 is 0.219 bits per heavy atom. The number of hydrogen-bond acceptors (Lipinski definition) is 7. The van der Waals surface area contributed by atoms with Crippen molar-refractivity contribution >= 4 is 167 Å². The molecule has 30 aromatic rings. The number of aryl methyl sites for hydroxylation is 3. The van der Waals surface area contributed by atoms with Crippen molar-refractivity contribution in [2.75, 3.05) is 0 Å². The summed E-state index contributed by atoms with van der Waals surface area (Å²) >= 11 is 0. The molecule has 0 fully saturated rings. The topological polar surface area (TPSA) is 151 Å². The van der Waals surface area contributed by atoms with Crippen molar-refractivity contribution in [3.05, 3.63) is 451 Å². The summed E-state index contributed by atoms with van der Waals surface area (Å²) in [5, 5.41) is 0. The molecule has 14 aromatic heterocycles. The average Bonchev–Trinajstić information content (AvgIpc) is 1.57. The first kappa shape index (κ1) is 71.3. The summed E-state index contributed by atoms with van der Waals surface area (Å²) < 4.78 is 77.7. The smallest absolute Gasteiger partial charge is 0.220 e. The summed E-state index contributed by atoms with van der Waals surface area (Å²) in [6.45, 7) is -1.67. The minimum Gasteiger partial charge on any atom is -0.350 e. The summed E-state index contributed by atoms with van der Waals surface area (Å²) in [5.74, 6) is 4.76. The molecule has 0 saturated carbocycles. The summed E-state index contributed by atoms with van der Waals surface area (Å²) in [4.78, 5) is 35.7. The second-order valence-electron chi connectivity index (χ2n) is 35.1. The Balaban J connectivity index is 0.000000105. The second kappa shape index (κ2) is 30.3. The maximum absolute atomic E-state index is 8.18. The zero-order valence-electron chi connectivity index (χ0n) is 79.7. The predicted molar refractivity (Wildman–Crippen MR) is 552 cm³/mol. The Kier molecular flexibility index (Phi) is 15.8. The highest BCUT2D eigenvalue weighted by Gasteiger charge is 2.28. The van der Waals surface area contributed by atoms with Gasteiger partial charge in [-0.25, -0.2) is 29.9 Å². The minimum atomic E-state index is -2.29. The third kappa shape index (κ3) is 11.8. The highest BCUT2D eigenvalue weighted by Crippen LogP contribution is 2.41. The van der Waals surface area contributed by atoms with Crippen LogP contribution < -0.4 is 0 Å². The quantitative estimate of drug-likeness (QED) is 0.118. The van der Waals surface area contributed by atoms with Crippen molar-refractivity contribution in [2.24, 2.45) is 0 Å². The van der Waals surface area contributed by atoms with Crippen molar-refractivity contribution in [1.82, 2.24) is 93.3 Å². The Morgan fingerprint density at radius 2 is 0.482 bits per heavy atom. The lowest BCUT2D eigenvalue weighted by molar-refractivity contribution is 0.810. The monoisotopic (exact) mass is 1770 g/mol. The average molecular weight is 1770 g/mol. The van der Waals surface area contributed by atoms with E-state index in [0.29, 0.717) is 29.0 Å². The van der Waals surface area contributed by atoms with Gasteiger partial charge in [-0.05, 0) is 254 Å². The highest BCUT2D eigenvalue weighted by atomic mass is 15.3. The van der Waals surface area contributed by atoms with Crippen molar-refractivity contribution in [3.8, 4) is 34.1 Å². The lowest BCUT2D eigenvalue weighted by Gasteiger charge is -2.10. The molecule has 30 rings (SSSR count). The molecule has 0 aliphatic heterocycles. The molecule has 0 amide bonds. The van der Waals surface area contributed by atoms with Crippen molar-refractivity contribution in [2.45, 2.75) is 40.0 Å². The van der Waals surface area contributed by atoms with Crippen molar-refractivity contribution in [1.29, 1.82) is 0 Å². The van der Waals surface area contributed by atoms with Gasteiger partial charge in [0.15, 0.2) is 0 Å². The van der Waals surface area contributed by atoms with Gasteiger partial charge in [-0.1, -0.05) is 200 Å². The largest absolute Gasteiger partial charge is 0.350 e. The van der Waals surface area contributed by atoms with E-state index in [-0.39, 0.29) is 11.1 Å². The number of para-hydroxylation sites is 18. The molecule has 0 N–H and O–H groups in total. The number of fused-ring (bicyclic) bond motifs is 30. The highest BCUT2D eigenvalue weighted by molar-refractivity contribution is 6.01. The Morgan fingerprint density at radius 3 is 0.818 bits per heavy atom. The maximum atomic E-state index is 8.18. The van der Waals surface area contributed by atoms with E-state index in [4.69, 9.17) is 38.1 Å². The molecule has 16 aromatic carbocycles. The van der Waals surface area contributed by atoms with Crippen molar-refractivity contribution < 1.29 is 8.22 Å². The van der Waals surface area contributed by atoms with Crippen LogP contribution in [-0.4, -0.2) is 93.3 Å². The third-order valence-electron chi connectivity index (χ3n) is 27.2. The number of aromatic nitrogens is 20. The van der Waals surface area contributed by atoms with Gasteiger partial charge in [0.05, 0.1) is 167 Å². The first-order valence-corrected chi connectivity index (χ1v) is 45.9. The Bertz CT molecular complexity index is 10000. The van der Waals surface area contributed by atoms with Gasteiger partial charge in [-0.3, -0.25) is 58.8 Å². The Labute approximate surface area is 789 Å². The van der Waals surface area contributed by atoms with E-state index in [1.165, 1.54) is 22.3 Å². The first-order chi connectivity index (χ1) is 70.1. The van der Waals surface area contributed by atoms with Crippen LogP contribution in [0.2, 0.25) is 0 Å². The van der Waals surface area contributed by atoms with Gasteiger partial charge in [-0.2, -0.15) is 0 Å². The molecule has 20 nitrogen and oxygen atoms in total. The lowest BCUT2D eigenvalue weighted by Crippen LogP contribution is -2.00. The van der Waals surface area contributed by atoms with Crippen LogP contribution in [0.3, 0.4) is 0 Å². The summed E-state index contributed by atoms with van der Waals surface area (Å²) in [5.41, 5.74) is 36.6. The van der Waals surface area contributed by atoms with Gasteiger partial charge in [0.2, 0.25) is 34.7 Å². The lowest BCUT2D eigenvalue weighted by atomic mass is 10.0. The third-order valence-corrected chi connectivity index (χ3v) is 27.2. The molecule has 0 radical (unpaired) electrons. The number of rotatable bonds is 12. The molecular weight excluding hydrogens is 1690 g/mol. The van der Waals surface area contributed by atoms with E-state index in [9.17, 15) is 0 Å². The van der Waals surface area contributed by atoms with Crippen LogP contribution >= 0.6 is 0 Å². The number of nitrogens with zero attached hydrogens (tertiary/aromatic N) is 20. The van der Waals surface area contributed by atoms with Gasteiger partial charge < -0.3 is 4.57 Å². The standard InChI is InChI=1S/C40H28N6.C39H27N7.C38H27N7/c1-26-12-9-22-35-37(26)41-39-43(31-18-5-7-20-33(31)45(35)39)29-16-11-17-30(25-29)44-32-19-6-8-21-34(32)46-36-23-10-15-28(38(36)42-40(44)46)24-27-13-3-2-4-14-27;1-25-11-8-20-34-36(25)41-38-43(30-16-2-4-18-32(30)45(34)38)28-14-10-15-29(24-28)44-31-17-3-5-19-33(31)46-35-21-9-12-26(37(35)42-39(44)46)23-27-13-6-7-22-40-27;1-25-11-8-19-33-35(25)39-37-42(29-15-2-4-17-31(29)44(33)37)27-13-10-14-28(23-27)43-30-16-3-5-18-32(30)45-34-20-9-12-26(36(34)40-38(43)45)24-41-21-6-7-22-41/h2-23,25H,24H2,1H3;2-22,24H,23H2,1H3;2-23H,24H2,1H3/i2*1D3;. The van der Waals surface area contributed by atoms with E-state index in [0.717, 1.165) is 203 Å². The molecular formula is C117H82N20. The molecule has 0 spiro atoms. The van der Waals surface area contributed by atoms with Gasteiger partial charge >= 0.3 is 0 Å². The minimum absolute atomic E-state index is 0.244. The van der Waals surface area contributed by atoms with E-state index in [1.54, 1.807) is 24.3 Å². The summed E-state index contributed by atoms with van der Waals surface area (Å²) in [7, 11) is 0. The van der Waals surface area contributed by atoms with E-state index in [1.807, 2.05) is 79.0 Å². The fraction of sp³-hybridized carbons (Fsp3) is 0.0513. The Hall–Kier alpha value is -18.4. The van der Waals surface area contributed by atoms with E-state index >= 15 is 0 Å². The van der Waals surface area contributed by atoms with Crippen LogP contribution in [0, 0.1) is 20.6 Å². The number of hydrogen-bond donors (Lipinski definition) is 0. The molecule has 0 aliphatic rings. The van der Waals surface area contributed by atoms with E-state index < -0.39 is 13.7 Å². The van der Waals surface area contributed by atoms with Gasteiger partial charge in [0.25, 0.3) is 0 Å². The fourth-order valence-corrected chi connectivity index (χ4v) is 21.3. The molecule has 20 heteroatoms. The van der Waals surface area contributed by atoms with Gasteiger partial charge in [0, 0.05) is 45.5 Å². The van der Waals surface area contributed by atoms with Crippen LogP contribution in [-0.2, 0) is 19.4 Å². The van der Waals surface area contributed by atoms with Crippen LogP contribution in [0.4, 0.5) is 0 Å². The second-order valence-corrected chi connectivity index (χ2v) is 35.1. The van der Waals surface area contributed by atoms with E-state index in [2.05, 4.69) is 374 Å². The molecule has 137 heavy (non-hydrogen) atoms. The van der Waals surface area contributed by atoms with Crippen LogP contribution in [0.1, 0.15) is 52.9 Å². The molecule has 650 valence electrons. The van der Waals surface area contributed by atoms with Gasteiger partial charge in [-0.15, -0.1) is 0 Å². The predicted octanol–water partition coefficient (Wildman–Crippen LogP) is 25.9. The molecule has 0 saturated heterocycles. The maximum Gasteiger partial charge on any atom is 0.220 e. The molecule has 0 unspecified atom stereocenters. The number of pyridine rings is 1. The number of imidazole rings is 12. The van der Waals surface area contributed by atoms with Crippen LogP contribution in [0.5, 0.6) is 0 Å². The van der Waals surface area contributed by atoms with Crippen molar-refractivity contribution in [3.63, 3.8) is 0 Å². The molecule has 0 bridgehead atoms. The molecule has 0 aliphatic carbocycles. The zero-order chi connectivity index (χ0) is 95.4. The van der Waals surface area contributed by atoms with Crippen LogP contribution in [0.25, 0.3) is 201 Å². The fourth-order valence-electron chi connectivity index (χ4n) is 21.3. The number of benzene rings is 16. The SMILES string of the molecule is Cc1cccc2c1nc1n(-c3cccc(-n4c5ccccc5n5c6cccc(Cn7cccc7)c6nc45)c3)c3ccccc3n21.[2H]C([2H])([2H])c1cccc2c1nc1n(-c3cccc(-n4c5ccccc5n5c6cccc(Cc7ccccc7)c6nc45)c3)c3ccccc3n21.[2H]C([2H])([2H])c1cccc2c1nc1n(-c3cccc(-n4c5ccccc5n5c6cccc(Cc7ccccn7)c6nc45)c3)c3ccccc3n21.